The Kier molecular flexibility index (Phi) is 5.03. The second-order valence-corrected chi connectivity index (χ2v) is 6.26. The van der Waals surface area contributed by atoms with Gasteiger partial charge in [0.25, 0.3) is 5.56 Å². The third-order valence-corrected chi connectivity index (χ3v) is 3.85. The maximum atomic E-state index is 11.4. The molecule has 0 saturated carbocycles. The van der Waals surface area contributed by atoms with Gasteiger partial charge in [-0.05, 0) is 30.2 Å². The molecule has 0 fully saturated rings. The molecule has 4 N–H and O–H groups in total. The molecule has 0 amide bonds. The van der Waals surface area contributed by atoms with Gasteiger partial charge < -0.3 is 16.0 Å². The molecule has 0 spiro atoms. The molecular formula is C15H20N4OS. The van der Waals surface area contributed by atoms with E-state index in [9.17, 15) is 4.79 Å². The largest absolute Gasteiger partial charge is 0.383 e. The van der Waals surface area contributed by atoms with Crippen LogP contribution in [0.25, 0.3) is 0 Å². The van der Waals surface area contributed by atoms with E-state index in [4.69, 9.17) is 5.73 Å². The van der Waals surface area contributed by atoms with Crippen LogP contribution in [0.1, 0.15) is 25.0 Å². The van der Waals surface area contributed by atoms with E-state index in [1.54, 1.807) is 0 Å². The molecule has 0 radical (unpaired) electrons. The molecule has 0 aliphatic carbocycles. The highest BCUT2D eigenvalue weighted by atomic mass is 32.2. The maximum Gasteiger partial charge on any atom is 0.253 e. The van der Waals surface area contributed by atoms with Crippen LogP contribution in [0.2, 0.25) is 0 Å². The SMILES string of the molecule is Cc1cc(Sc2nc(N)cc(=O)[nH]2)ccc1CNC(C)C. The van der Waals surface area contributed by atoms with Crippen LogP contribution in [0.15, 0.2) is 39.1 Å². The van der Waals surface area contributed by atoms with E-state index in [2.05, 4.69) is 48.2 Å². The molecule has 2 rings (SSSR count). The van der Waals surface area contributed by atoms with Crippen molar-refractivity contribution in [2.75, 3.05) is 5.73 Å². The summed E-state index contributed by atoms with van der Waals surface area (Å²) >= 11 is 1.40. The molecule has 0 atom stereocenters. The van der Waals surface area contributed by atoms with Crippen LogP contribution in [-0.2, 0) is 6.54 Å². The van der Waals surface area contributed by atoms with Crippen LogP contribution in [0.3, 0.4) is 0 Å². The van der Waals surface area contributed by atoms with Crippen molar-refractivity contribution in [3.05, 3.63) is 45.7 Å². The zero-order valence-corrected chi connectivity index (χ0v) is 13.3. The number of benzene rings is 1. The van der Waals surface area contributed by atoms with E-state index in [1.807, 2.05) is 6.07 Å². The molecule has 112 valence electrons. The zero-order chi connectivity index (χ0) is 15.4. The van der Waals surface area contributed by atoms with Crippen molar-refractivity contribution in [1.29, 1.82) is 0 Å². The Morgan fingerprint density at radius 3 is 2.76 bits per heavy atom. The molecule has 1 heterocycles. The Labute approximate surface area is 128 Å². The number of aryl methyl sites for hydroxylation is 1. The standard InChI is InChI=1S/C15H20N4OS/c1-9(2)17-8-11-4-5-12(6-10(11)3)21-15-18-13(16)7-14(20)19-15/h4-7,9,17H,8H2,1-3H3,(H3,16,18,19,20). The molecule has 0 aliphatic heterocycles. The third kappa shape index (κ3) is 4.61. The van der Waals surface area contributed by atoms with Crippen molar-refractivity contribution in [1.82, 2.24) is 15.3 Å². The minimum atomic E-state index is -0.237. The Balaban J connectivity index is 2.14. The molecular weight excluding hydrogens is 284 g/mol. The average molecular weight is 304 g/mol. The zero-order valence-electron chi connectivity index (χ0n) is 12.4. The quantitative estimate of drug-likeness (QED) is 0.738. The van der Waals surface area contributed by atoms with Gasteiger partial charge in [0, 0.05) is 23.5 Å². The van der Waals surface area contributed by atoms with Gasteiger partial charge in [0.2, 0.25) is 0 Å². The predicted octanol–water partition coefficient (Wildman–Crippen LogP) is 2.31. The molecule has 0 aliphatic rings. The summed E-state index contributed by atoms with van der Waals surface area (Å²) in [5, 5.41) is 3.91. The number of hydrogen-bond acceptors (Lipinski definition) is 5. The molecule has 1 aromatic heterocycles. The first kappa shape index (κ1) is 15.6. The monoisotopic (exact) mass is 304 g/mol. The van der Waals surface area contributed by atoms with Gasteiger partial charge in [0.05, 0.1) is 0 Å². The fraction of sp³-hybridized carbons (Fsp3) is 0.333. The third-order valence-electron chi connectivity index (χ3n) is 2.97. The summed E-state index contributed by atoms with van der Waals surface area (Å²) in [5.41, 5.74) is 7.82. The summed E-state index contributed by atoms with van der Waals surface area (Å²) in [6.45, 7) is 7.18. The predicted molar refractivity (Wildman–Crippen MR) is 86.5 cm³/mol. The lowest BCUT2D eigenvalue weighted by molar-refractivity contribution is 0.587. The summed E-state index contributed by atoms with van der Waals surface area (Å²) in [6, 6.07) is 7.94. The van der Waals surface area contributed by atoms with Gasteiger partial charge in [-0.15, -0.1) is 0 Å². The first-order chi connectivity index (χ1) is 9.94. The molecule has 21 heavy (non-hydrogen) atoms. The first-order valence-electron chi connectivity index (χ1n) is 6.81. The molecule has 2 aromatic rings. The lowest BCUT2D eigenvalue weighted by Crippen LogP contribution is -2.22. The Morgan fingerprint density at radius 1 is 1.38 bits per heavy atom. The number of nitrogens with two attached hydrogens (primary N) is 1. The van der Waals surface area contributed by atoms with Gasteiger partial charge in [0.15, 0.2) is 5.16 Å². The number of nitrogens with one attached hydrogen (secondary N) is 2. The number of nitrogen functional groups attached to an aromatic ring is 1. The highest BCUT2D eigenvalue weighted by Gasteiger charge is 2.05. The Hall–Kier alpha value is -1.79. The molecule has 0 bridgehead atoms. The average Bonchev–Trinajstić information content (AvgIpc) is 2.36. The van der Waals surface area contributed by atoms with Crippen LogP contribution in [0.4, 0.5) is 5.82 Å². The fourth-order valence-electron chi connectivity index (χ4n) is 1.86. The van der Waals surface area contributed by atoms with Gasteiger partial charge in [-0.3, -0.25) is 4.79 Å². The minimum Gasteiger partial charge on any atom is -0.383 e. The van der Waals surface area contributed by atoms with Gasteiger partial charge >= 0.3 is 0 Å². The lowest BCUT2D eigenvalue weighted by atomic mass is 10.1. The van der Waals surface area contributed by atoms with Crippen LogP contribution < -0.4 is 16.6 Å². The van der Waals surface area contributed by atoms with E-state index in [-0.39, 0.29) is 11.4 Å². The molecule has 5 nitrogen and oxygen atoms in total. The van der Waals surface area contributed by atoms with Crippen molar-refractivity contribution < 1.29 is 0 Å². The van der Waals surface area contributed by atoms with E-state index >= 15 is 0 Å². The normalized spacial score (nSPS) is 11.0. The van der Waals surface area contributed by atoms with Gasteiger partial charge in [0.1, 0.15) is 5.82 Å². The van der Waals surface area contributed by atoms with E-state index < -0.39 is 0 Å². The van der Waals surface area contributed by atoms with E-state index in [0.717, 1.165) is 11.4 Å². The number of anilines is 1. The number of aromatic amines is 1. The Bertz CT molecular complexity index is 682. The Morgan fingerprint density at radius 2 is 2.14 bits per heavy atom. The van der Waals surface area contributed by atoms with E-state index in [1.165, 1.54) is 29.0 Å². The van der Waals surface area contributed by atoms with Crippen LogP contribution in [0.5, 0.6) is 0 Å². The molecule has 0 unspecified atom stereocenters. The summed E-state index contributed by atoms with van der Waals surface area (Å²) in [7, 11) is 0. The lowest BCUT2D eigenvalue weighted by Gasteiger charge is -2.11. The highest BCUT2D eigenvalue weighted by Crippen LogP contribution is 2.26. The summed E-state index contributed by atoms with van der Waals surface area (Å²) in [4.78, 5) is 19.2. The topological polar surface area (TPSA) is 83.8 Å². The molecule has 0 saturated heterocycles. The number of hydrogen-bond donors (Lipinski definition) is 3. The fourth-order valence-corrected chi connectivity index (χ4v) is 2.76. The van der Waals surface area contributed by atoms with Crippen LogP contribution in [-0.4, -0.2) is 16.0 Å². The van der Waals surface area contributed by atoms with Crippen molar-refractivity contribution >= 4 is 17.6 Å². The van der Waals surface area contributed by atoms with Gasteiger partial charge in [-0.1, -0.05) is 31.7 Å². The summed E-state index contributed by atoms with van der Waals surface area (Å²) in [6.07, 6.45) is 0. The maximum absolute atomic E-state index is 11.4. The minimum absolute atomic E-state index is 0.232. The number of H-pyrrole nitrogens is 1. The van der Waals surface area contributed by atoms with Gasteiger partial charge in [-0.25, -0.2) is 4.98 Å². The highest BCUT2D eigenvalue weighted by molar-refractivity contribution is 7.99. The van der Waals surface area contributed by atoms with E-state index in [0.29, 0.717) is 11.2 Å². The van der Waals surface area contributed by atoms with Crippen molar-refractivity contribution in [2.24, 2.45) is 0 Å². The van der Waals surface area contributed by atoms with Crippen molar-refractivity contribution in [2.45, 2.75) is 43.4 Å². The first-order valence-corrected chi connectivity index (χ1v) is 7.63. The smallest absolute Gasteiger partial charge is 0.253 e. The second-order valence-electron chi connectivity index (χ2n) is 5.20. The second kappa shape index (κ2) is 6.78. The summed E-state index contributed by atoms with van der Waals surface area (Å²) < 4.78 is 0. The number of nitrogens with zero attached hydrogens (tertiary/aromatic N) is 1. The van der Waals surface area contributed by atoms with Crippen molar-refractivity contribution in [3.63, 3.8) is 0 Å². The molecule has 1 aromatic carbocycles. The van der Waals surface area contributed by atoms with Crippen LogP contribution >= 0.6 is 11.8 Å². The summed E-state index contributed by atoms with van der Waals surface area (Å²) in [5.74, 6) is 0.232. The number of aromatic nitrogens is 2. The molecule has 6 heteroatoms. The number of rotatable bonds is 5. The van der Waals surface area contributed by atoms with Crippen molar-refractivity contribution in [3.8, 4) is 0 Å². The van der Waals surface area contributed by atoms with Crippen LogP contribution in [0, 0.1) is 6.92 Å². The van der Waals surface area contributed by atoms with Gasteiger partial charge in [-0.2, -0.15) is 0 Å².